The van der Waals surface area contributed by atoms with Gasteiger partial charge >= 0.3 is 0 Å². The number of hydrogen-bond acceptors (Lipinski definition) is 3. The number of aryl methyl sites for hydroxylation is 1. The van der Waals surface area contributed by atoms with Crippen LogP contribution in [0.4, 0.5) is 0 Å². The Labute approximate surface area is 126 Å². The first-order valence-electron chi connectivity index (χ1n) is 6.46. The van der Waals surface area contributed by atoms with E-state index in [-0.39, 0.29) is 11.4 Å². The predicted octanol–water partition coefficient (Wildman–Crippen LogP) is 4.33. The number of hydrogen-bond donors (Lipinski definition) is 1. The lowest BCUT2D eigenvalue weighted by Crippen LogP contribution is -2.03. The summed E-state index contributed by atoms with van der Waals surface area (Å²) in [6.45, 7) is 1.85. The van der Waals surface area contributed by atoms with Gasteiger partial charge in [-0.15, -0.1) is 0 Å². The first kappa shape index (κ1) is 13.3. The first-order valence-corrected chi connectivity index (χ1v) is 7.41. The zero-order valence-electron chi connectivity index (χ0n) is 11.4. The van der Waals surface area contributed by atoms with Gasteiger partial charge in [0.05, 0.1) is 5.56 Å². The summed E-state index contributed by atoms with van der Waals surface area (Å²) in [5.74, 6) is -0.237. The molecule has 0 fully saturated rings. The number of rotatable bonds is 3. The van der Waals surface area contributed by atoms with Crippen molar-refractivity contribution >= 4 is 34.1 Å². The number of ketones is 1. The van der Waals surface area contributed by atoms with E-state index in [9.17, 15) is 10.1 Å². The normalized spacial score (nSPS) is 11.5. The molecule has 21 heavy (non-hydrogen) atoms. The van der Waals surface area contributed by atoms with Crippen LogP contribution in [0, 0.1) is 18.3 Å². The van der Waals surface area contributed by atoms with Crippen LogP contribution in [-0.2, 0) is 0 Å². The number of fused-ring (bicyclic) bond motifs is 1. The minimum absolute atomic E-state index is 0.154. The number of carbonyl (C=O) groups excluding carboxylic acids is 1. The number of allylic oxidation sites excluding steroid dienone is 1. The van der Waals surface area contributed by atoms with Crippen LogP contribution in [0.15, 0.2) is 46.7 Å². The van der Waals surface area contributed by atoms with E-state index in [4.69, 9.17) is 0 Å². The Morgan fingerprint density at radius 3 is 2.86 bits per heavy atom. The summed E-state index contributed by atoms with van der Waals surface area (Å²) < 4.78 is 0. The minimum Gasteiger partial charge on any atom is -0.358 e. The van der Waals surface area contributed by atoms with Gasteiger partial charge in [-0.25, -0.2) is 0 Å². The summed E-state index contributed by atoms with van der Waals surface area (Å²) in [6, 6.07) is 11.5. The number of nitrogens with one attached hydrogen (secondary N) is 1. The average molecular weight is 292 g/mol. The maximum absolute atomic E-state index is 12.7. The lowest BCUT2D eigenvalue weighted by molar-refractivity contribution is 0.104. The third kappa shape index (κ3) is 2.39. The van der Waals surface area contributed by atoms with Crippen molar-refractivity contribution in [1.29, 1.82) is 5.26 Å². The van der Waals surface area contributed by atoms with Gasteiger partial charge in [-0.1, -0.05) is 18.2 Å². The molecule has 0 atom stereocenters. The van der Waals surface area contributed by atoms with E-state index in [2.05, 4.69) is 4.98 Å². The molecule has 2 heterocycles. The fourth-order valence-corrected chi connectivity index (χ4v) is 2.99. The number of H-pyrrole nitrogens is 1. The molecule has 0 amide bonds. The molecule has 1 aromatic carbocycles. The molecule has 0 spiro atoms. The van der Waals surface area contributed by atoms with E-state index in [0.29, 0.717) is 5.56 Å². The van der Waals surface area contributed by atoms with Crippen LogP contribution in [0.25, 0.3) is 17.0 Å². The molecule has 102 valence electrons. The Balaban J connectivity index is 2.12. The van der Waals surface area contributed by atoms with Crippen molar-refractivity contribution < 1.29 is 4.79 Å². The van der Waals surface area contributed by atoms with Crippen molar-refractivity contribution in [3.63, 3.8) is 0 Å². The van der Waals surface area contributed by atoms with Gasteiger partial charge in [-0.2, -0.15) is 16.6 Å². The lowest BCUT2D eigenvalue weighted by Gasteiger charge is -1.99. The van der Waals surface area contributed by atoms with Gasteiger partial charge in [0.15, 0.2) is 0 Å². The molecule has 0 saturated heterocycles. The molecule has 0 aliphatic heterocycles. The number of Topliss-reactive ketones (excluding diaryl/α,β-unsaturated/α-hetero) is 1. The molecule has 0 aliphatic rings. The predicted molar refractivity (Wildman–Crippen MR) is 85.3 cm³/mol. The monoisotopic (exact) mass is 292 g/mol. The second-order valence-electron chi connectivity index (χ2n) is 4.73. The van der Waals surface area contributed by atoms with E-state index >= 15 is 0 Å². The number of para-hydroxylation sites is 1. The fourth-order valence-electron chi connectivity index (χ4n) is 2.38. The van der Waals surface area contributed by atoms with Crippen LogP contribution in [-0.4, -0.2) is 10.8 Å². The Hall–Kier alpha value is -2.64. The van der Waals surface area contributed by atoms with Crippen LogP contribution in [0.2, 0.25) is 0 Å². The van der Waals surface area contributed by atoms with Crippen LogP contribution in [0.1, 0.15) is 21.6 Å². The van der Waals surface area contributed by atoms with Gasteiger partial charge in [-0.05, 0) is 41.5 Å². The van der Waals surface area contributed by atoms with Crippen molar-refractivity contribution in [1.82, 2.24) is 4.98 Å². The van der Waals surface area contributed by atoms with Crippen molar-refractivity contribution in [2.75, 3.05) is 0 Å². The number of carbonyl (C=O) groups is 1. The number of aromatic nitrogens is 1. The molecule has 4 heteroatoms. The van der Waals surface area contributed by atoms with Crippen LogP contribution in [0.3, 0.4) is 0 Å². The standard InChI is InChI=1S/C17H12N2OS/c1-11-16(14-4-2-3-5-15(14)19-11)17(20)13(9-18)8-12-6-7-21-10-12/h2-8,10,19H,1H3/b13-8+. The van der Waals surface area contributed by atoms with E-state index < -0.39 is 0 Å². The van der Waals surface area contributed by atoms with E-state index in [1.54, 1.807) is 6.08 Å². The maximum atomic E-state index is 12.7. The molecule has 0 unspecified atom stereocenters. The van der Waals surface area contributed by atoms with E-state index in [1.807, 2.05) is 54.1 Å². The van der Waals surface area contributed by atoms with E-state index in [0.717, 1.165) is 22.2 Å². The molecular weight excluding hydrogens is 280 g/mol. The highest BCUT2D eigenvalue weighted by Crippen LogP contribution is 2.25. The molecule has 3 nitrogen and oxygen atoms in total. The first-order chi connectivity index (χ1) is 10.2. The number of aromatic amines is 1. The van der Waals surface area contributed by atoms with Gasteiger partial charge in [0, 0.05) is 16.6 Å². The SMILES string of the molecule is Cc1[nH]c2ccccc2c1C(=O)/C(C#N)=C/c1ccsc1. The van der Waals surface area contributed by atoms with Crippen LogP contribution in [0.5, 0.6) is 0 Å². The quantitative estimate of drug-likeness (QED) is 0.444. The van der Waals surface area contributed by atoms with Crippen LogP contribution >= 0.6 is 11.3 Å². The number of nitriles is 1. The number of benzene rings is 1. The third-order valence-corrected chi connectivity index (χ3v) is 4.04. The summed E-state index contributed by atoms with van der Waals surface area (Å²) in [6.07, 6.45) is 1.64. The van der Waals surface area contributed by atoms with Crippen molar-refractivity contribution in [3.8, 4) is 6.07 Å². The Bertz CT molecular complexity index is 879. The molecule has 0 radical (unpaired) electrons. The number of thiophene rings is 1. The van der Waals surface area contributed by atoms with Crippen LogP contribution < -0.4 is 0 Å². The minimum atomic E-state index is -0.237. The van der Waals surface area contributed by atoms with E-state index in [1.165, 1.54) is 11.3 Å². The molecule has 0 aliphatic carbocycles. The molecule has 3 aromatic rings. The van der Waals surface area contributed by atoms with Crippen molar-refractivity contribution in [2.45, 2.75) is 6.92 Å². The molecule has 0 saturated carbocycles. The second kappa shape index (κ2) is 5.39. The van der Waals surface area contributed by atoms with Gasteiger partial charge in [-0.3, -0.25) is 4.79 Å². The summed E-state index contributed by atoms with van der Waals surface area (Å²) in [5, 5.41) is 14.0. The Morgan fingerprint density at radius 2 is 2.14 bits per heavy atom. The second-order valence-corrected chi connectivity index (χ2v) is 5.51. The summed E-state index contributed by atoms with van der Waals surface area (Å²) >= 11 is 1.54. The Morgan fingerprint density at radius 1 is 1.33 bits per heavy atom. The van der Waals surface area contributed by atoms with Gasteiger partial charge in [0.2, 0.25) is 5.78 Å². The third-order valence-electron chi connectivity index (χ3n) is 3.34. The summed E-state index contributed by atoms with van der Waals surface area (Å²) in [7, 11) is 0. The Kier molecular flexibility index (Phi) is 3.43. The highest BCUT2D eigenvalue weighted by molar-refractivity contribution is 7.08. The van der Waals surface area contributed by atoms with Crippen molar-refractivity contribution in [3.05, 3.63) is 63.5 Å². The van der Waals surface area contributed by atoms with Gasteiger partial charge < -0.3 is 4.98 Å². The fraction of sp³-hybridized carbons (Fsp3) is 0.0588. The highest BCUT2D eigenvalue weighted by Gasteiger charge is 2.19. The van der Waals surface area contributed by atoms with Gasteiger partial charge in [0.25, 0.3) is 0 Å². The molecule has 3 rings (SSSR count). The molecular formula is C17H12N2OS. The molecule has 1 N–H and O–H groups in total. The zero-order valence-corrected chi connectivity index (χ0v) is 12.2. The largest absolute Gasteiger partial charge is 0.358 e. The lowest BCUT2D eigenvalue weighted by atomic mass is 10.00. The average Bonchev–Trinajstić information content (AvgIpc) is 3.10. The maximum Gasteiger partial charge on any atom is 0.205 e. The molecule has 2 aromatic heterocycles. The molecule has 0 bridgehead atoms. The number of nitrogens with zero attached hydrogens (tertiary/aromatic N) is 1. The topological polar surface area (TPSA) is 56.6 Å². The van der Waals surface area contributed by atoms with Crippen molar-refractivity contribution in [2.24, 2.45) is 0 Å². The smallest absolute Gasteiger partial charge is 0.205 e. The summed E-state index contributed by atoms with van der Waals surface area (Å²) in [5.41, 5.74) is 3.30. The summed E-state index contributed by atoms with van der Waals surface area (Å²) in [4.78, 5) is 15.9. The zero-order chi connectivity index (χ0) is 14.8. The highest BCUT2D eigenvalue weighted by atomic mass is 32.1. The van der Waals surface area contributed by atoms with Gasteiger partial charge in [0.1, 0.15) is 11.6 Å².